The maximum Gasteiger partial charge on any atom is 0.419 e. The maximum absolute atomic E-state index is 12.8. The minimum atomic E-state index is -4.43. The van der Waals surface area contributed by atoms with Gasteiger partial charge in [0.2, 0.25) is 0 Å². The Morgan fingerprint density at radius 3 is 2.67 bits per heavy atom. The SMILES string of the molecule is CCC(CCN)Nc1ncc(Br)cc1C(F)(F)F. The Bertz CT molecular complexity index is 396. The van der Waals surface area contributed by atoms with E-state index in [9.17, 15) is 13.2 Å². The highest BCUT2D eigenvalue weighted by Gasteiger charge is 2.35. The van der Waals surface area contributed by atoms with Crippen molar-refractivity contribution >= 4 is 21.7 Å². The maximum atomic E-state index is 12.8. The van der Waals surface area contributed by atoms with E-state index in [1.807, 2.05) is 6.92 Å². The quantitative estimate of drug-likeness (QED) is 0.872. The van der Waals surface area contributed by atoms with Gasteiger partial charge in [-0.15, -0.1) is 0 Å². The third kappa shape index (κ3) is 4.13. The third-order valence-electron chi connectivity index (χ3n) is 2.51. The molecule has 0 aliphatic rings. The van der Waals surface area contributed by atoms with Crippen LogP contribution >= 0.6 is 15.9 Å². The van der Waals surface area contributed by atoms with Gasteiger partial charge in [-0.1, -0.05) is 6.92 Å². The Balaban J connectivity index is 3.01. The molecular formula is C11H15BrF3N3. The van der Waals surface area contributed by atoms with Crippen molar-refractivity contribution in [3.63, 3.8) is 0 Å². The van der Waals surface area contributed by atoms with Crippen molar-refractivity contribution < 1.29 is 13.2 Å². The molecule has 18 heavy (non-hydrogen) atoms. The summed E-state index contributed by atoms with van der Waals surface area (Å²) in [6.07, 6.45) is -1.80. The lowest BCUT2D eigenvalue weighted by Crippen LogP contribution is -2.24. The van der Waals surface area contributed by atoms with E-state index in [-0.39, 0.29) is 11.9 Å². The first-order valence-electron chi connectivity index (χ1n) is 5.57. The monoisotopic (exact) mass is 325 g/mol. The minimum Gasteiger partial charge on any atom is -0.367 e. The van der Waals surface area contributed by atoms with E-state index < -0.39 is 11.7 Å². The fraction of sp³-hybridized carbons (Fsp3) is 0.545. The molecule has 3 nitrogen and oxygen atoms in total. The molecular weight excluding hydrogens is 311 g/mol. The molecule has 0 fully saturated rings. The second-order valence-corrected chi connectivity index (χ2v) is 4.79. The summed E-state index contributed by atoms with van der Waals surface area (Å²) in [6, 6.07) is 0.912. The summed E-state index contributed by atoms with van der Waals surface area (Å²) in [5.41, 5.74) is 4.65. The van der Waals surface area contributed by atoms with Gasteiger partial charge in [-0.25, -0.2) is 4.98 Å². The van der Waals surface area contributed by atoms with Crippen LogP contribution in [0, 0.1) is 0 Å². The number of nitrogens with one attached hydrogen (secondary N) is 1. The molecule has 0 aromatic carbocycles. The van der Waals surface area contributed by atoms with Crippen LogP contribution in [0.2, 0.25) is 0 Å². The summed E-state index contributed by atoms with van der Waals surface area (Å²) in [7, 11) is 0. The van der Waals surface area contributed by atoms with Gasteiger partial charge >= 0.3 is 6.18 Å². The first kappa shape index (κ1) is 15.2. The lowest BCUT2D eigenvalue weighted by molar-refractivity contribution is -0.137. The largest absolute Gasteiger partial charge is 0.419 e. The number of rotatable bonds is 5. The van der Waals surface area contributed by atoms with Crippen LogP contribution in [0.3, 0.4) is 0 Å². The number of alkyl halides is 3. The molecule has 1 aromatic rings. The first-order valence-corrected chi connectivity index (χ1v) is 6.37. The van der Waals surface area contributed by atoms with Gasteiger partial charge in [0.05, 0.1) is 5.56 Å². The molecule has 0 radical (unpaired) electrons. The summed E-state index contributed by atoms with van der Waals surface area (Å²) in [4.78, 5) is 3.80. The van der Waals surface area contributed by atoms with Crippen LogP contribution in [0.15, 0.2) is 16.7 Å². The Labute approximate surface area is 112 Å². The molecule has 0 spiro atoms. The van der Waals surface area contributed by atoms with Crippen LogP contribution in [0.4, 0.5) is 19.0 Å². The summed E-state index contributed by atoms with van der Waals surface area (Å²) >= 11 is 2.99. The second-order valence-electron chi connectivity index (χ2n) is 3.87. The Hall–Kier alpha value is -0.820. The number of hydrogen-bond donors (Lipinski definition) is 2. The molecule has 7 heteroatoms. The van der Waals surface area contributed by atoms with Crippen molar-refractivity contribution in [3.8, 4) is 0 Å². The van der Waals surface area contributed by atoms with Crippen molar-refractivity contribution in [2.24, 2.45) is 5.73 Å². The lowest BCUT2D eigenvalue weighted by atomic mass is 10.1. The molecule has 0 aliphatic carbocycles. The Kier molecular flexibility index (Phi) is 5.40. The number of hydrogen-bond acceptors (Lipinski definition) is 3. The van der Waals surface area contributed by atoms with E-state index in [2.05, 4.69) is 26.2 Å². The minimum absolute atomic E-state index is 0.107. The molecule has 0 amide bonds. The molecule has 1 unspecified atom stereocenters. The average molecular weight is 326 g/mol. The van der Waals surface area contributed by atoms with Gasteiger partial charge in [0.1, 0.15) is 5.82 Å². The average Bonchev–Trinajstić information content (AvgIpc) is 2.29. The molecule has 1 rings (SSSR count). The number of nitrogens with zero attached hydrogens (tertiary/aromatic N) is 1. The highest BCUT2D eigenvalue weighted by Crippen LogP contribution is 2.35. The van der Waals surface area contributed by atoms with Crippen molar-refractivity contribution in [2.75, 3.05) is 11.9 Å². The highest BCUT2D eigenvalue weighted by atomic mass is 79.9. The zero-order valence-electron chi connectivity index (χ0n) is 9.89. The van der Waals surface area contributed by atoms with Gasteiger partial charge < -0.3 is 11.1 Å². The van der Waals surface area contributed by atoms with Crippen LogP contribution in [-0.4, -0.2) is 17.6 Å². The van der Waals surface area contributed by atoms with Gasteiger partial charge in [-0.3, -0.25) is 0 Å². The number of anilines is 1. The van der Waals surface area contributed by atoms with Crippen LogP contribution in [0.1, 0.15) is 25.3 Å². The van der Waals surface area contributed by atoms with E-state index in [0.29, 0.717) is 23.9 Å². The molecule has 0 bridgehead atoms. The zero-order chi connectivity index (χ0) is 13.8. The fourth-order valence-corrected chi connectivity index (χ4v) is 1.87. The summed E-state index contributed by atoms with van der Waals surface area (Å²) in [5.74, 6) is -0.147. The fourth-order valence-electron chi connectivity index (χ4n) is 1.54. The van der Waals surface area contributed by atoms with Crippen molar-refractivity contribution in [1.29, 1.82) is 0 Å². The molecule has 3 N–H and O–H groups in total. The topological polar surface area (TPSA) is 50.9 Å². The van der Waals surface area contributed by atoms with E-state index in [1.165, 1.54) is 6.20 Å². The van der Waals surface area contributed by atoms with Gasteiger partial charge in [0, 0.05) is 16.7 Å². The Morgan fingerprint density at radius 2 is 2.17 bits per heavy atom. The predicted molar refractivity (Wildman–Crippen MR) is 68.3 cm³/mol. The Morgan fingerprint density at radius 1 is 1.50 bits per heavy atom. The number of nitrogens with two attached hydrogens (primary N) is 1. The summed E-state index contributed by atoms with van der Waals surface area (Å²) in [6.45, 7) is 2.31. The normalized spacial score (nSPS) is 13.4. The highest BCUT2D eigenvalue weighted by molar-refractivity contribution is 9.10. The van der Waals surface area contributed by atoms with Gasteiger partial charge in [-0.05, 0) is 41.4 Å². The van der Waals surface area contributed by atoms with Gasteiger partial charge in [-0.2, -0.15) is 13.2 Å². The molecule has 0 aliphatic heterocycles. The summed E-state index contributed by atoms with van der Waals surface area (Å²) < 4.78 is 38.8. The van der Waals surface area contributed by atoms with E-state index in [1.54, 1.807) is 0 Å². The van der Waals surface area contributed by atoms with Gasteiger partial charge in [0.15, 0.2) is 0 Å². The van der Waals surface area contributed by atoms with Crippen molar-refractivity contribution in [2.45, 2.75) is 32.0 Å². The van der Waals surface area contributed by atoms with Crippen LogP contribution in [-0.2, 0) is 6.18 Å². The number of halogens is 4. The van der Waals surface area contributed by atoms with E-state index >= 15 is 0 Å². The lowest BCUT2D eigenvalue weighted by Gasteiger charge is -2.20. The van der Waals surface area contributed by atoms with E-state index in [4.69, 9.17) is 5.73 Å². The number of pyridine rings is 1. The van der Waals surface area contributed by atoms with Crippen LogP contribution in [0.5, 0.6) is 0 Å². The van der Waals surface area contributed by atoms with Crippen molar-refractivity contribution in [1.82, 2.24) is 4.98 Å². The molecule has 0 saturated heterocycles. The molecule has 1 atom stereocenters. The molecule has 1 aromatic heterocycles. The smallest absolute Gasteiger partial charge is 0.367 e. The predicted octanol–water partition coefficient (Wildman–Crippen LogP) is 3.40. The van der Waals surface area contributed by atoms with Crippen LogP contribution in [0.25, 0.3) is 0 Å². The van der Waals surface area contributed by atoms with Gasteiger partial charge in [0.25, 0.3) is 0 Å². The molecule has 102 valence electrons. The summed E-state index contributed by atoms with van der Waals surface area (Å²) in [5, 5.41) is 2.80. The van der Waals surface area contributed by atoms with Crippen LogP contribution < -0.4 is 11.1 Å². The third-order valence-corrected chi connectivity index (χ3v) is 2.94. The van der Waals surface area contributed by atoms with E-state index in [0.717, 1.165) is 6.07 Å². The molecule has 0 saturated carbocycles. The number of aromatic nitrogens is 1. The first-order chi connectivity index (χ1) is 8.38. The zero-order valence-corrected chi connectivity index (χ0v) is 11.5. The standard InChI is InChI=1S/C11H15BrF3N3/c1-2-8(3-4-16)18-10-9(11(13,14)15)5-7(12)6-17-10/h5-6,8H,2-4,16H2,1H3,(H,17,18). The molecule has 1 heterocycles. The second kappa shape index (κ2) is 6.38. The van der Waals surface area contributed by atoms with Crippen molar-refractivity contribution in [3.05, 3.63) is 22.3 Å².